The van der Waals surface area contributed by atoms with Crippen molar-refractivity contribution in [3.05, 3.63) is 18.2 Å². The minimum atomic E-state index is 0.654. The molecule has 1 heterocycles. The SMILES string of the molecule is CCCNCC1CCCCCC1c1nccn1CC. The number of hydrogen-bond donors (Lipinski definition) is 1. The zero-order valence-corrected chi connectivity index (χ0v) is 12.6. The number of nitrogens with one attached hydrogen (secondary N) is 1. The number of hydrogen-bond acceptors (Lipinski definition) is 2. The summed E-state index contributed by atoms with van der Waals surface area (Å²) < 4.78 is 2.34. The highest BCUT2D eigenvalue weighted by molar-refractivity contribution is 5.04. The molecule has 0 radical (unpaired) electrons. The summed E-state index contributed by atoms with van der Waals surface area (Å²) in [5.74, 6) is 2.75. The number of nitrogens with zero attached hydrogens (tertiary/aromatic N) is 2. The Balaban J connectivity index is 2.08. The lowest BCUT2D eigenvalue weighted by Crippen LogP contribution is -2.28. The molecular weight excluding hydrogens is 234 g/mol. The van der Waals surface area contributed by atoms with Crippen LogP contribution in [0.1, 0.15) is 64.1 Å². The normalized spacial score (nSPS) is 24.3. The maximum atomic E-state index is 4.67. The molecule has 1 aromatic heterocycles. The Bertz CT molecular complexity index is 359. The molecule has 1 aliphatic carbocycles. The van der Waals surface area contributed by atoms with E-state index >= 15 is 0 Å². The van der Waals surface area contributed by atoms with Crippen molar-refractivity contribution in [1.29, 1.82) is 0 Å². The van der Waals surface area contributed by atoms with Crippen molar-refractivity contribution >= 4 is 0 Å². The van der Waals surface area contributed by atoms with Crippen molar-refractivity contribution in [3.63, 3.8) is 0 Å². The average Bonchev–Trinajstić information content (AvgIpc) is 2.78. The zero-order chi connectivity index (χ0) is 13.5. The minimum Gasteiger partial charge on any atom is -0.335 e. The van der Waals surface area contributed by atoms with Gasteiger partial charge in [-0.05, 0) is 45.2 Å². The molecule has 0 bridgehead atoms. The molecule has 1 saturated carbocycles. The standard InChI is InChI=1S/C16H29N3/c1-3-10-17-13-14-8-6-5-7-9-15(14)16-18-11-12-19(16)4-2/h11-12,14-15,17H,3-10,13H2,1-2H3. The van der Waals surface area contributed by atoms with E-state index in [-0.39, 0.29) is 0 Å². The van der Waals surface area contributed by atoms with Crippen LogP contribution in [0.2, 0.25) is 0 Å². The van der Waals surface area contributed by atoms with Gasteiger partial charge in [0, 0.05) is 24.9 Å². The van der Waals surface area contributed by atoms with Crippen molar-refractivity contribution in [2.24, 2.45) is 5.92 Å². The summed E-state index contributed by atoms with van der Waals surface area (Å²) in [6.45, 7) is 7.80. The lowest BCUT2D eigenvalue weighted by Gasteiger charge is -2.25. The molecule has 0 aliphatic heterocycles. The van der Waals surface area contributed by atoms with Gasteiger partial charge in [-0.2, -0.15) is 0 Å². The smallest absolute Gasteiger partial charge is 0.112 e. The fourth-order valence-corrected chi connectivity index (χ4v) is 3.35. The van der Waals surface area contributed by atoms with Gasteiger partial charge in [-0.3, -0.25) is 0 Å². The Kier molecular flexibility index (Phi) is 5.90. The van der Waals surface area contributed by atoms with Gasteiger partial charge in [0.15, 0.2) is 0 Å². The molecule has 0 spiro atoms. The maximum Gasteiger partial charge on any atom is 0.112 e. The predicted octanol–water partition coefficient (Wildman–Crippen LogP) is 3.57. The largest absolute Gasteiger partial charge is 0.335 e. The van der Waals surface area contributed by atoms with Gasteiger partial charge >= 0.3 is 0 Å². The van der Waals surface area contributed by atoms with Crippen LogP contribution in [0.25, 0.3) is 0 Å². The van der Waals surface area contributed by atoms with Crippen LogP contribution in [0.5, 0.6) is 0 Å². The summed E-state index contributed by atoms with van der Waals surface area (Å²) in [6.07, 6.45) is 12.2. The third-order valence-electron chi connectivity index (χ3n) is 4.41. The lowest BCUT2D eigenvalue weighted by atomic mass is 9.87. The molecule has 108 valence electrons. The Morgan fingerprint density at radius 1 is 1.26 bits per heavy atom. The molecule has 2 atom stereocenters. The molecule has 1 fully saturated rings. The van der Waals surface area contributed by atoms with E-state index in [1.807, 2.05) is 6.20 Å². The van der Waals surface area contributed by atoms with Gasteiger partial charge in [-0.1, -0.05) is 26.2 Å². The van der Waals surface area contributed by atoms with E-state index < -0.39 is 0 Å². The van der Waals surface area contributed by atoms with Gasteiger partial charge in [-0.25, -0.2) is 4.98 Å². The Labute approximate surface area is 117 Å². The predicted molar refractivity (Wildman–Crippen MR) is 80.4 cm³/mol. The molecule has 1 aromatic rings. The number of rotatable bonds is 6. The van der Waals surface area contributed by atoms with E-state index in [1.54, 1.807) is 0 Å². The van der Waals surface area contributed by atoms with E-state index in [2.05, 4.69) is 34.9 Å². The summed E-state index contributed by atoms with van der Waals surface area (Å²) in [6, 6.07) is 0. The van der Waals surface area contributed by atoms with Gasteiger partial charge in [0.25, 0.3) is 0 Å². The van der Waals surface area contributed by atoms with Crippen LogP contribution in [0.15, 0.2) is 12.4 Å². The molecule has 2 unspecified atom stereocenters. The van der Waals surface area contributed by atoms with Crippen LogP contribution in [0.4, 0.5) is 0 Å². The van der Waals surface area contributed by atoms with Crippen molar-refractivity contribution < 1.29 is 0 Å². The molecule has 0 saturated heterocycles. The summed E-state index contributed by atoms with van der Waals surface area (Å²) in [7, 11) is 0. The monoisotopic (exact) mass is 263 g/mol. The maximum absolute atomic E-state index is 4.67. The fourth-order valence-electron chi connectivity index (χ4n) is 3.35. The van der Waals surface area contributed by atoms with Crippen molar-refractivity contribution in [2.75, 3.05) is 13.1 Å². The van der Waals surface area contributed by atoms with Crippen LogP contribution < -0.4 is 5.32 Å². The Hall–Kier alpha value is -0.830. The van der Waals surface area contributed by atoms with Crippen molar-refractivity contribution in [3.8, 4) is 0 Å². The third-order valence-corrected chi connectivity index (χ3v) is 4.41. The van der Waals surface area contributed by atoms with Gasteiger partial charge in [0.1, 0.15) is 5.82 Å². The second kappa shape index (κ2) is 7.68. The second-order valence-corrected chi connectivity index (χ2v) is 5.78. The zero-order valence-electron chi connectivity index (χ0n) is 12.6. The summed E-state index contributed by atoms with van der Waals surface area (Å²) in [4.78, 5) is 4.67. The second-order valence-electron chi connectivity index (χ2n) is 5.78. The molecule has 2 rings (SSSR count). The number of aryl methyl sites for hydroxylation is 1. The molecule has 0 aromatic carbocycles. The Morgan fingerprint density at radius 2 is 2.11 bits per heavy atom. The first kappa shape index (κ1) is 14.6. The average molecular weight is 263 g/mol. The summed E-state index contributed by atoms with van der Waals surface area (Å²) >= 11 is 0. The molecule has 1 aliphatic rings. The van der Waals surface area contributed by atoms with E-state index in [4.69, 9.17) is 0 Å². The highest BCUT2D eigenvalue weighted by Crippen LogP contribution is 2.35. The molecule has 0 amide bonds. The first-order valence-electron chi connectivity index (χ1n) is 8.08. The van der Waals surface area contributed by atoms with Gasteiger partial charge in [0.2, 0.25) is 0 Å². The molecule has 3 heteroatoms. The van der Waals surface area contributed by atoms with Crippen molar-refractivity contribution in [2.45, 2.75) is 64.8 Å². The highest BCUT2D eigenvalue weighted by atomic mass is 15.1. The topological polar surface area (TPSA) is 29.9 Å². The van der Waals surface area contributed by atoms with Crippen molar-refractivity contribution in [1.82, 2.24) is 14.9 Å². The highest BCUT2D eigenvalue weighted by Gasteiger charge is 2.27. The lowest BCUT2D eigenvalue weighted by molar-refractivity contribution is 0.356. The van der Waals surface area contributed by atoms with Gasteiger partial charge in [-0.15, -0.1) is 0 Å². The summed E-state index contributed by atoms with van der Waals surface area (Å²) in [5, 5.41) is 3.62. The van der Waals surface area contributed by atoms with E-state index in [0.29, 0.717) is 5.92 Å². The molecule has 19 heavy (non-hydrogen) atoms. The molecule has 3 nitrogen and oxygen atoms in total. The third kappa shape index (κ3) is 3.82. The van der Waals surface area contributed by atoms with Crippen LogP contribution >= 0.6 is 0 Å². The number of imidazole rings is 1. The first-order chi connectivity index (χ1) is 9.36. The van der Waals surface area contributed by atoms with Crippen LogP contribution in [-0.4, -0.2) is 22.6 Å². The van der Waals surface area contributed by atoms with Crippen LogP contribution in [0.3, 0.4) is 0 Å². The van der Waals surface area contributed by atoms with Crippen LogP contribution in [0, 0.1) is 5.92 Å². The van der Waals surface area contributed by atoms with E-state index in [1.165, 1.54) is 44.3 Å². The molecule has 1 N–H and O–H groups in total. The Morgan fingerprint density at radius 3 is 2.89 bits per heavy atom. The van der Waals surface area contributed by atoms with Crippen LogP contribution in [-0.2, 0) is 6.54 Å². The quantitative estimate of drug-likeness (QED) is 0.628. The first-order valence-corrected chi connectivity index (χ1v) is 8.08. The fraction of sp³-hybridized carbons (Fsp3) is 0.812. The number of aromatic nitrogens is 2. The molecular formula is C16H29N3. The van der Waals surface area contributed by atoms with E-state index in [0.717, 1.165) is 25.6 Å². The van der Waals surface area contributed by atoms with E-state index in [9.17, 15) is 0 Å². The van der Waals surface area contributed by atoms with Gasteiger partial charge in [0.05, 0.1) is 0 Å². The van der Waals surface area contributed by atoms with Gasteiger partial charge < -0.3 is 9.88 Å². The minimum absolute atomic E-state index is 0.654. The summed E-state index contributed by atoms with van der Waals surface area (Å²) in [5.41, 5.74) is 0.